The first-order valence-corrected chi connectivity index (χ1v) is 25.5. The Hall–Kier alpha value is -8.45. The van der Waals surface area contributed by atoms with Crippen LogP contribution in [0.15, 0.2) is 219 Å². The van der Waals surface area contributed by atoms with Crippen molar-refractivity contribution in [1.29, 1.82) is 0 Å². The van der Waals surface area contributed by atoms with Crippen LogP contribution in [0.5, 0.6) is 11.5 Å². The largest absolute Gasteiger partial charge is 0.508 e. The molecule has 0 fully saturated rings. The van der Waals surface area contributed by atoms with Gasteiger partial charge in [-0.1, -0.05) is 196 Å². The molecule has 0 radical (unpaired) electrons. The standard InChI is InChI=1S/C69H59N7O.CH3.Pt/c1-67(2,3)51-41-52(74-39-40-75(46-74)63-54(47-25-12-8-13-26-47)34-24-35-55(63)48-27-14-9-15-28-48)43-53(42-51)77-61-45-60-57(56-33-20-21-36-59(56)76(60)62-37-22-23-38-70-62)44-58(61)64-71-65(68(4,5)49-29-16-10-17-30-49)73-66(72-64)69(6,7)50-31-18-11-19-32-50;;/h8-42,44H,46H2,1-7H3;1H3;/q-2;-1;/i8D,9D,12D,13D,14D,15D,25D,26D,27D,28D;;. The zero-order valence-electron chi connectivity index (χ0n) is 55.1. The summed E-state index contributed by atoms with van der Waals surface area (Å²) in [5.74, 6) is 2.76. The average Bonchev–Trinajstić information content (AvgIpc) is 1.81. The maximum Gasteiger partial charge on any atom is 0.141 e. The molecule has 0 atom stereocenters. The molecule has 0 amide bonds. The van der Waals surface area contributed by atoms with E-state index in [0.29, 0.717) is 51.6 Å². The van der Waals surface area contributed by atoms with Crippen molar-refractivity contribution in [3.8, 4) is 51.0 Å². The minimum absolute atomic E-state index is 0. The fraction of sp³-hybridized carbons (Fsp3) is 0.157. The zero-order chi connectivity index (χ0) is 61.6. The normalized spacial score (nSPS) is 14.4. The van der Waals surface area contributed by atoms with Gasteiger partial charge in [-0.15, -0.1) is 41.3 Å². The average molecular weight is 1220 g/mol. The number of rotatable bonds is 12. The van der Waals surface area contributed by atoms with Crippen LogP contribution >= 0.6 is 0 Å². The van der Waals surface area contributed by atoms with E-state index in [-0.39, 0.29) is 63.1 Å². The molecule has 0 bridgehead atoms. The zero-order valence-corrected chi connectivity index (χ0v) is 47.3. The van der Waals surface area contributed by atoms with Crippen molar-refractivity contribution < 1.29 is 39.5 Å². The molecule has 0 unspecified atom stereocenters. The molecule has 8 nitrogen and oxygen atoms in total. The number of fused-ring (bicyclic) bond motifs is 3. The van der Waals surface area contributed by atoms with Gasteiger partial charge in [-0.05, 0) is 84.5 Å². The molecule has 12 rings (SSSR count). The molecule has 9 heteroatoms. The molecule has 0 saturated carbocycles. The molecule has 1 aliphatic rings. The maximum absolute atomic E-state index is 9.10. The predicted molar refractivity (Wildman–Crippen MR) is 320 cm³/mol. The van der Waals surface area contributed by atoms with Crippen LogP contribution in [0, 0.1) is 19.6 Å². The summed E-state index contributed by atoms with van der Waals surface area (Å²) in [5.41, 5.74) is 4.11. The van der Waals surface area contributed by atoms with E-state index < -0.39 is 76.7 Å². The second-order valence-corrected chi connectivity index (χ2v) is 21.2. The molecular weight excluding hydrogens is 1150 g/mol. The van der Waals surface area contributed by atoms with Crippen LogP contribution in [0.3, 0.4) is 0 Å². The van der Waals surface area contributed by atoms with Gasteiger partial charge in [0, 0.05) is 78.6 Å². The van der Waals surface area contributed by atoms with E-state index in [9.17, 15) is 0 Å². The Morgan fingerprint density at radius 2 is 1.11 bits per heavy atom. The quantitative estimate of drug-likeness (QED) is 0.113. The third kappa shape index (κ3) is 10.3. The van der Waals surface area contributed by atoms with Gasteiger partial charge >= 0.3 is 0 Å². The minimum Gasteiger partial charge on any atom is -0.508 e. The molecule has 0 spiro atoms. The molecule has 0 saturated heterocycles. The number of aromatic nitrogens is 5. The number of benzene rings is 8. The third-order valence-corrected chi connectivity index (χ3v) is 14.4. The Kier molecular flexibility index (Phi) is 11.7. The van der Waals surface area contributed by atoms with Gasteiger partial charge in [0.15, 0.2) is 0 Å². The Morgan fingerprint density at radius 3 is 1.70 bits per heavy atom. The van der Waals surface area contributed by atoms with Crippen LogP contribution in [0.25, 0.3) is 61.3 Å². The second-order valence-electron chi connectivity index (χ2n) is 21.2. The van der Waals surface area contributed by atoms with Crippen LogP contribution in [0.4, 0.5) is 11.4 Å². The number of hydrogen-bond donors (Lipinski definition) is 0. The van der Waals surface area contributed by atoms with Gasteiger partial charge in [0.2, 0.25) is 0 Å². The van der Waals surface area contributed by atoms with Crippen LogP contribution in [0.1, 0.15) is 90.5 Å². The van der Waals surface area contributed by atoms with E-state index in [4.69, 9.17) is 38.4 Å². The van der Waals surface area contributed by atoms with Gasteiger partial charge in [-0.2, -0.15) is 0 Å². The Morgan fingerprint density at radius 1 is 0.544 bits per heavy atom. The Labute approximate surface area is 493 Å². The van der Waals surface area contributed by atoms with Gasteiger partial charge in [0.1, 0.15) is 23.3 Å². The predicted octanol–water partition coefficient (Wildman–Crippen LogP) is 16.9. The fourth-order valence-corrected chi connectivity index (χ4v) is 9.94. The number of para-hydroxylation sites is 2. The van der Waals surface area contributed by atoms with Crippen LogP contribution < -0.4 is 14.5 Å². The monoisotopic (exact) mass is 1220 g/mol. The van der Waals surface area contributed by atoms with Crippen LogP contribution in [0.2, 0.25) is 0 Å². The van der Waals surface area contributed by atoms with E-state index in [0.717, 1.165) is 33.0 Å². The van der Waals surface area contributed by atoms with Gasteiger partial charge in [0.25, 0.3) is 0 Å². The van der Waals surface area contributed by atoms with Gasteiger partial charge in [-0.3, -0.25) is 0 Å². The third-order valence-electron chi connectivity index (χ3n) is 14.4. The summed E-state index contributed by atoms with van der Waals surface area (Å²) in [5, 5.41) is 1.80. The van der Waals surface area contributed by atoms with Crippen molar-refractivity contribution >= 4 is 33.2 Å². The first-order chi connectivity index (χ1) is 41.4. The first kappa shape index (κ1) is 42.6. The van der Waals surface area contributed by atoms with Crippen LogP contribution in [-0.4, -0.2) is 31.2 Å². The van der Waals surface area contributed by atoms with E-state index in [1.807, 2.05) is 83.8 Å². The molecule has 79 heavy (non-hydrogen) atoms. The Bertz CT molecular complexity index is 4380. The topological polar surface area (TPSA) is 72.2 Å². The summed E-state index contributed by atoms with van der Waals surface area (Å²) >= 11 is 0. The van der Waals surface area contributed by atoms with Crippen molar-refractivity contribution in [2.24, 2.45) is 0 Å². The molecule has 4 heterocycles. The first-order valence-electron chi connectivity index (χ1n) is 30.5. The summed E-state index contributed by atoms with van der Waals surface area (Å²) in [7, 11) is 0. The molecule has 3 aromatic heterocycles. The van der Waals surface area contributed by atoms with E-state index in [1.54, 1.807) is 41.7 Å². The summed E-state index contributed by atoms with van der Waals surface area (Å²) < 4.78 is 97.2. The molecule has 396 valence electrons. The van der Waals surface area contributed by atoms with Crippen LogP contribution in [-0.2, 0) is 37.3 Å². The Balaban J connectivity index is 0.00000437. The summed E-state index contributed by atoms with van der Waals surface area (Å²) in [4.78, 5) is 24.7. The van der Waals surface area contributed by atoms with Gasteiger partial charge in [0.05, 0.1) is 26.1 Å². The molecule has 11 aromatic rings. The SMILES string of the molecule is [2H]c1c([2H])c([2H])c(-c2cccc(-c3c([2H])c([2H])c([2H])c([2H])c3[2H])c2N2C=CN(c3[c-]c(Oc4[c-]c5c(cc4-c4nc(C(C)(C)c6ccccc6)nc(C(C)(C)c6ccccc6)n4)c4ccccc4n5-c4ccccn4)cc(C(C)(C)C)c3)C2)c([2H])c1[2H].[CH3-].[Pt]. The number of nitrogens with zero attached hydrogens (tertiary/aromatic N) is 7. The van der Waals surface area contributed by atoms with Crippen molar-refractivity contribution in [2.45, 2.75) is 64.7 Å². The van der Waals surface area contributed by atoms with Crippen molar-refractivity contribution in [2.75, 3.05) is 16.5 Å². The number of ether oxygens (including phenoxy) is 1. The van der Waals surface area contributed by atoms with E-state index in [2.05, 4.69) is 108 Å². The fourth-order valence-electron chi connectivity index (χ4n) is 9.94. The summed E-state index contributed by atoms with van der Waals surface area (Å²) in [6.07, 6.45) is 5.30. The minimum atomic E-state index is -0.699. The molecule has 0 N–H and O–H groups in total. The molecule has 8 aromatic carbocycles. The number of hydrogen-bond acceptors (Lipinski definition) is 7. The number of anilines is 2. The maximum atomic E-state index is 9.10. The molecular formula is C70H62N7OPt-3. The number of pyridine rings is 1. The summed E-state index contributed by atoms with van der Waals surface area (Å²) in [6, 6.07) is 47.2. The van der Waals surface area contributed by atoms with Gasteiger partial charge in [-0.25, -0.2) is 19.9 Å². The second kappa shape index (κ2) is 21.8. The van der Waals surface area contributed by atoms with Crippen molar-refractivity contribution in [1.82, 2.24) is 24.5 Å². The van der Waals surface area contributed by atoms with Crippen molar-refractivity contribution in [3.05, 3.63) is 266 Å². The van der Waals surface area contributed by atoms with E-state index in [1.165, 1.54) is 0 Å². The summed E-state index contributed by atoms with van der Waals surface area (Å²) in [6.45, 7) is 14.8. The van der Waals surface area contributed by atoms with Gasteiger partial charge < -0.3 is 26.5 Å². The molecule has 0 aliphatic carbocycles. The van der Waals surface area contributed by atoms with E-state index >= 15 is 0 Å². The molecule has 1 aliphatic heterocycles. The smallest absolute Gasteiger partial charge is 0.141 e. The van der Waals surface area contributed by atoms with Crippen molar-refractivity contribution in [3.63, 3.8) is 0 Å².